The monoisotopic (exact) mass is 296 g/mol. The van der Waals surface area contributed by atoms with Gasteiger partial charge in [0.1, 0.15) is 11.6 Å². The number of hydrogen-bond acceptors (Lipinski definition) is 5. The molecule has 6 heteroatoms. The minimum Gasteiger partial charge on any atom is -0.376 e. The molecular weight excluding hydrogens is 276 g/mol. The zero-order chi connectivity index (χ0) is 13.8. The second-order valence-electron chi connectivity index (χ2n) is 5.40. The van der Waals surface area contributed by atoms with Gasteiger partial charge in [-0.1, -0.05) is 0 Å². The van der Waals surface area contributed by atoms with Crippen molar-refractivity contribution in [3.05, 3.63) is 16.6 Å². The summed E-state index contributed by atoms with van der Waals surface area (Å²) in [5, 5.41) is 6.00. The number of carbonyl (C=O) groups excluding carboxylic acids is 1. The fourth-order valence-electron chi connectivity index (χ4n) is 2.47. The van der Waals surface area contributed by atoms with E-state index in [4.69, 9.17) is 9.47 Å². The second-order valence-corrected chi connectivity index (χ2v) is 6.33. The van der Waals surface area contributed by atoms with E-state index in [9.17, 15) is 4.79 Å². The van der Waals surface area contributed by atoms with Gasteiger partial charge >= 0.3 is 0 Å². The standard InChI is InChI=1S/C14H20N2O3S/c17-12(9-18-8-11-2-1-6-19-11)16-13(10-3-4-10)14-15-5-7-20-14/h5,7,10-11,13H,1-4,6,8-9H2,(H,16,17). The second kappa shape index (κ2) is 6.65. The molecule has 2 heterocycles. The van der Waals surface area contributed by atoms with Crippen molar-refractivity contribution >= 4 is 17.2 Å². The molecule has 1 aromatic heterocycles. The number of nitrogens with zero attached hydrogens (tertiary/aromatic N) is 1. The van der Waals surface area contributed by atoms with Crippen molar-refractivity contribution in [1.29, 1.82) is 0 Å². The molecule has 1 saturated carbocycles. The van der Waals surface area contributed by atoms with Crippen molar-refractivity contribution in [2.24, 2.45) is 5.92 Å². The minimum atomic E-state index is -0.0601. The van der Waals surface area contributed by atoms with E-state index in [2.05, 4.69) is 10.3 Å². The van der Waals surface area contributed by atoms with E-state index < -0.39 is 0 Å². The number of amides is 1. The smallest absolute Gasteiger partial charge is 0.246 e. The summed E-state index contributed by atoms with van der Waals surface area (Å²) >= 11 is 1.60. The summed E-state index contributed by atoms with van der Waals surface area (Å²) < 4.78 is 10.9. The predicted molar refractivity (Wildman–Crippen MR) is 75.5 cm³/mol. The van der Waals surface area contributed by atoms with Gasteiger partial charge in [-0.15, -0.1) is 11.3 Å². The van der Waals surface area contributed by atoms with E-state index in [1.165, 1.54) is 12.8 Å². The van der Waals surface area contributed by atoms with Crippen molar-refractivity contribution in [3.8, 4) is 0 Å². The molecule has 1 aliphatic carbocycles. The Labute approximate surface area is 122 Å². The molecule has 0 bridgehead atoms. The first-order chi connectivity index (χ1) is 9.83. The third-order valence-corrected chi connectivity index (χ3v) is 4.55. The van der Waals surface area contributed by atoms with Crippen molar-refractivity contribution in [1.82, 2.24) is 10.3 Å². The highest BCUT2D eigenvalue weighted by atomic mass is 32.1. The Kier molecular flexibility index (Phi) is 4.65. The van der Waals surface area contributed by atoms with Crippen LogP contribution in [0.4, 0.5) is 0 Å². The van der Waals surface area contributed by atoms with Gasteiger partial charge in [-0.3, -0.25) is 4.79 Å². The lowest BCUT2D eigenvalue weighted by atomic mass is 10.2. The third kappa shape index (κ3) is 3.77. The summed E-state index contributed by atoms with van der Waals surface area (Å²) in [6, 6.07) is 0.0637. The summed E-state index contributed by atoms with van der Waals surface area (Å²) in [4.78, 5) is 16.3. The summed E-state index contributed by atoms with van der Waals surface area (Å²) in [5.41, 5.74) is 0. The highest BCUT2D eigenvalue weighted by Crippen LogP contribution is 2.41. The van der Waals surface area contributed by atoms with Crippen LogP contribution in [0.3, 0.4) is 0 Å². The number of ether oxygens (including phenoxy) is 2. The average Bonchev–Trinajstić information content (AvgIpc) is 2.93. The lowest BCUT2D eigenvalue weighted by Gasteiger charge is -2.16. The minimum absolute atomic E-state index is 0.0601. The van der Waals surface area contributed by atoms with Gasteiger partial charge in [0.15, 0.2) is 0 Å². The van der Waals surface area contributed by atoms with Crippen LogP contribution in [0.15, 0.2) is 11.6 Å². The molecule has 5 nitrogen and oxygen atoms in total. The molecule has 3 rings (SSSR count). The molecule has 1 saturated heterocycles. The lowest BCUT2D eigenvalue weighted by molar-refractivity contribution is -0.127. The highest BCUT2D eigenvalue weighted by Gasteiger charge is 2.34. The van der Waals surface area contributed by atoms with Crippen molar-refractivity contribution in [3.63, 3.8) is 0 Å². The molecule has 0 aromatic carbocycles. The van der Waals surface area contributed by atoms with Crippen LogP contribution >= 0.6 is 11.3 Å². The largest absolute Gasteiger partial charge is 0.376 e. The molecule has 2 atom stereocenters. The van der Waals surface area contributed by atoms with Gasteiger partial charge in [0.2, 0.25) is 5.91 Å². The summed E-state index contributed by atoms with van der Waals surface area (Å²) in [6.45, 7) is 1.43. The molecule has 20 heavy (non-hydrogen) atoms. The Morgan fingerprint density at radius 2 is 2.45 bits per heavy atom. The predicted octanol–water partition coefficient (Wildman–Crippen LogP) is 1.91. The topological polar surface area (TPSA) is 60.5 Å². The first-order valence-corrected chi connectivity index (χ1v) is 8.09. The van der Waals surface area contributed by atoms with E-state index >= 15 is 0 Å². The molecule has 110 valence electrons. The van der Waals surface area contributed by atoms with Crippen LogP contribution in [0.1, 0.15) is 36.7 Å². The van der Waals surface area contributed by atoms with Crippen molar-refractivity contribution in [2.45, 2.75) is 37.8 Å². The quantitative estimate of drug-likeness (QED) is 0.835. The van der Waals surface area contributed by atoms with E-state index in [1.54, 1.807) is 17.5 Å². The van der Waals surface area contributed by atoms with Gasteiger partial charge in [0.05, 0.1) is 18.8 Å². The van der Waals surface area contributed by atoms with Gasteiger partial charge < -0.3 is 14.8 Å². The number of nitrogens with one attached hydrogen (secondary N) is 1. The normalized spacial score (nSPS) is 23.7. The molecule has 1 aromatic rings. The number of hydrogen-bond donors (Lipinski definition) is 1. The van der Waals surface area contributed by atoms with E-state index in [-0.39, 0.29) is 24.7 Å². The maximum atomic E-state index is 12.0. The highest BCUT2D eigenvalue weighted by molar-refractivity contribution is 7.09. The van der Waals surface area contributed by atoms with Crippen molar-refractivity contribution in [2.75, 3.05) is 19.8 Å². The molecule has 1 N–H and O–H groups in total. The van der Waals surface area contributed by atoms with E-state index in [0.717, 1.165) is 24.5 Å². The summed E-state index contributed by atoms with van der Waals surface area (Å²) in [6.07, 6.45) is 6.42. The van der Waals surface area contributed by atoms with Crippen LogP contribution in [0.5, 0.6) is 0 Å². The Balaban J connectivity index is 1.42. The zero-order valence-electron chi connectivity index (χ0n) is 11.4. The van der Waals surface area contributed by atoms with Crippen LogP contribution < -0.4 is 5.32 Å². The van der Waals surface area contributed by atoms with Crippen LogP contribution in [0, 0.1) is 5.92 Å². The third-order valence-electron chi connectivity index (χ3n) is 3.69. The Bertz CT molecular complexity index is 428. The average molecular weight is 296 g/mol. The fraction of sp³-hybridized carbons (Fsp3) is 0.714. The first kappa shape index (κ1) is 14.0. The SMILES string of the molecule is O=C(COCC1CCCO1)NC(c1nccs1)C1CC1. The molecule has 0 spiro atoms. The number of aromatic nitrogens is 1. The molecule has 1 aliphatic heterocycles. The summed E-state index contributed by atoms with van der Waals surface area (Å²) in [5.74, 6) is 0.485. The van der Waals surface area contributed by atoms with E-state index in [0.29, 0.717) is 12.5 Å². The Morgan fingerprint density at radius 1 is 1.55 bits per heavy atom. The Morgan fingerprint density at radius 3 is 3.10 bits per heavy atom. The van der Waals surface area contributed by atoms with Crippen LogP contribution in [-0.2, 0) is 14.3 Å². The fourth-order valence-corrected chi connectivity index (χ4v) is 3.25. The van der Waals surface area contributed by atoms with Gasteiger partial charge in [0, 0.05) is 18.2 Å². The lowest BCUT2D eigenvalue weighted by Crippen LogP contribution is -2.33. The maximum Gasteiger partial charge on any atom is 0.246 e. The number of rotatable bonds is 7. The Hall–Kier alpha value is -0.980. The van der Waals surface area contributed by atoms with Crippen molar-refractivity contribution < 1.29 is 14.3 Å². The molecule has 1 amide bonds. The van der Waals surface area contributed by atoms with Crippen LogP contribution in [0.25, 0.3) is 0 Å². The maximum absolute atomic E-state index is 12.0. The molecule has 2 unspecified atom stereocenters. The van der Waals surface area contributed by atoms with Gasteiger partial charge in [0.25, 0.3) is 0 Å². The molecule has 0 radical (unpaired) electrons. The van der Waals surface area contributed by atoms with Gasteiger partial charge in [-0.25, -0.2) is 4.98 Å². The molecule has 2 fully saturated rings. The van der Waals surface area contributed by atoms with Crippen LogP contribution in [0.2, 0.25) is 0 Å². The van der Waals surface area contributed by atoms with Gasteiger partial charge in [-0.05, 0) is 31.6 Å². The van der Waals surface area contributed by atoms with E-state index in [1.807, 2.05) is 5.38 Å². The first-order valence-electron chi connectivity index (χ1n) is 7.21. The molecular formula is C14H20N2O3S. The number of carbonyl (C=O) groups is 1. The van der Waals surface area contributed by atoms with Crippen LogP contribution in [-0.4, -0.2) is 36.8 Å². The van der Waals surface area contributed by atoms with Gasteiger partial charge in [-0.2, -0.15) is 0 Å². The summed E-state index contributed by atoms with van der Waals surface area (Å²) in [7, 11) is 0. The zero-order valence-corrected chi connectivity index (χ0v) is 12.2. The molecule has 2 aliphatic rings. The number of thiazole rings is 1.